The van der Waals surface area contributed by atoms with Crippen molar-refractivity contribution in [2.24, 2.45) is 0 Å². The largest absolute Gasteiger partial charge is 0.397 e. The van der Waals surface area contributed by atoms with Crippen LogP contribution < -0.4 is 16.0 Å². The van der Waals surface area contributed by atoms with Crippen LogP contribution >= 0.6 is 0 Å². The van der Waals surface area contributed by atoms with Gasteiger partial charge in [-0.05, 0) is 32.9 Å². The van der Waals surface area contributed by atoms with Crippen LogP contribution in [0.15, 0.2) is 12.1 Å². The van der Waals surface area contributed by atoms with Gasteiger partial charge in [-0.2, -0.15) is 0 Å². The number of amides is 1. The minimum absolute atomic E-state index is 0.00521. The number of nitrogens with one attached hydrogen (secondary N) is 1. The molecule has 17 heavy (non-hydrogen) atoms. The number of hydrogen-bond donors (Lipinski definition) is 2. The van der Waals surface area contributed by atoms with Crippen molar-refractivity contribution < 1.29 is 4.79 Å². The van der Waals surface area contributed by atoms with E-state index in [2.05, 4.69) is 10.3 Å². The summed E-state index contributed by atoms with van der Waals surface area (Å²) >= 11 is 0. The number of aryl methyl sites for hydroxylation is 1. The Bertz CT molecular complexity index is 392. The van der Waals surface area contributed by atoms with Crippen molar-refractivity contribution in [2.45, 2.75) is 20.8 Å². The third-order valence-corrected chi connectivity index (χ3v) is 2.53. The number of anilines is 2. The first-order valence-electron chi connectivity index (χ1n) is 5.83. The van der Waals surface area contributed by atoms with Gasteiger partial charge in [0.1, 0.15) is 5.82 Å². The Labute approximate surface area is 102 Å². The zero-order chi connectivity index (χ0) is 12.8. The van der Waals surface area contributed by atoms with E-state index in [9.17, 15) is 4.79 Å². The Morgan fingerprint density at radius 1 is 1.47 bits per heavy atom. The van der Waals surface area contributed by atoms with E-state index in [4.69, 9.17) is 5.73 Å². The second kappa shape index (κ2) is 6.08. The maximum absolute atomic E-state index is 11.5. The molecule has 0 saturated heterocycles. The van der Waals surface area contributed by atoms with Gasteiger partial charge in [0.15, 0.2) is 0 Å². The van der Waals surface area contributed by atoms with Gasteiger partial charge >= 0.3 is 0 Å². The molecule has 0 aliphatic carbocycles. The van der Waals surface area contributed by atoms with Crippen molar-refractivity contribution in [3.05, 3.63) is 17.8 Å². The molecule has 0 atom stereocenters. The van der Waals surface area contributed by atoms with Gasteiger partial charge in [0, 0.05) is 13.1 Å². The van der Waals surface area contributed by atoms with E-state index in [1.807, 2.05) is 37.8 Å². The Hall–Kier alpha value is -1.78. The Kier molecular flexibility index (Phi) is 4.75. The number of carbonyl (C=O) groups excluding carboxylic acids is 1. The second-order valence-corrected chi connectivity index (χ2v) is 3.81. The molecule has 0 saturated carbocycles. The molecule has 5 nitrogen and oxygen atoms in total. The van der Waals surface area contributed by atoms with Crippen LogP contribution in [0.4, 0.5) is 11.5 Å². The van der Waals surface area contributed by atoms with Gasteiger partial charge in [0.05, 0.1) is 17.9 Å². The molecule has 5 heteroatoms. The van der Waals surface area contributed by atoms with E-state index in [-0.39, 0.29) is 5.91 Å². The molecule has 0 bridgehead atoms. The molecule has 1 aromatic rings. The summed E-state index contributed by atoms with van der Waals surface area (Å²) < 4.78 is 0. The molecule has 3 N–H and O–H groups in total. The smallest absolute Gasteiger partial charge is 0.239 e. The minimum atomic E-state index is 0.00521. The van der Waals surface area contributed by atoms with Crippen molar-refractivity contribution >= 4 is 17.4 Å². The molecule has 0 fully saturated rings. The van der Waals surface area contributed by atoms with Crippen LogP contribution in [0.2, 0.25) is 0 Å². The highest BCUT2D eigenvalue weighted by atomic mass is 16.2. The van der Waals surface area contributed by atoms with Crippen LogP contribution in [0.1, 0.15) is 19.5 Å². The Morgan fingerprint density at radius 2 is 2.18 bits per heavy atom. The average molecular weight is 236 g/mol. The fourth-order valence-electron chi connectivity index (χ4n) is 1.52. The average Bonchev–Trinajstić information content (AvgIpc) is 2.30. The fraction of sp³-hybridized carbons (Fsp3) is 0.500. The Morgan fingerprint density at radius 3 is 2.71 bits per heavy atom. The fourth-order valence-corrected chi connectivity index (χ4v) is 1.52. The molecular weight excluding hydrogens is 216 g/mol. The summed E-state index contributed by atoms with van der Waals surface area (Å²) in [6, 6.07) is 3.66. The lowest BCUT2D eigenvalue weighted by Gasteiger charge is -2.21. The van der Waals surface area contributed by atoms with Crippen molar-refractivity contribution in [1.82, 2.24) is 10.3 Å². The predicted octanol–water partition coefficient (Wildman–Crippen LogP) is 0.935. The number of nitrogen functional groups attached to an aromatic ring is 1. The maximum atomic E-state index is 11.5. The number of nitrogens with zero attached hydrogens (tertiary/aromatic N) is 2. The van der Waals surface area contributed by atoms with Crippen molar-refractivity contribution in [3.63, 3.8) is 0 Å². The van der Waals surface area contributed by atoms with Crippen molar-refractivity contribution in [3.8, 4) is 0 Å². The van der Waals surface area contributed by atoms with Gasteiger partial charge in [0.2, 0.25) is 5.91 Å². The lowest BCUT2D eigenvalue weighted by atomic mass is 10.3. The van der Waals surface area contributed by atoms with Crippen LogP contribution in [0.3, 0.4) is 0 Å². The van der Waals surface area contributed by atoms with Crippen molar-refractivity contribution in [2.75, 3.05) is 30.3 Å². The van der Waals surface area contributed by atoms with E-state index >= 15 is 0 Å². The maximum Gasteiger partial charge on any atom is 0.239 e. The van der Waals surface area contributed by atoms with E-state index in [0.29, 0.717) is 18.8 Å². The van der Waals surface area contributed by atoms with Gasteiger partial charge in [0.25, 0.3) is 0 Å². The van der Waals surface area contributed by atoms with Gasteiger partial charge in [-0.3, -0.25) is 4.79 Å². The van der Waals surface area contributed by atoms with Gasteiger partial charge in [-0.1, -0.05) is 0 Å². The van der Waals surface area contributed by atoms with Crippen molar-refractivity contribution in [1.29, 1.82) is 0 Å². The monoisotopic (exact) mass is 236 g/mol. The zero-order valence-corrected chi connectivity index (χ0v) is 10.7. The molecule has 0 unspecified atom stereocenters. The highest BCUT2D eigenvalue weighted by molar-refractivity contribution is 5.81. The first-order chi connectivity index (χ1) is 8.08. The first kappa shape index (κ1) is 13.3. The normalized spacial score (nSPS) is 10.1. The SMILES string of the molecule is CCNC(=O)CN(CC)c1ccc(N)c(C)n1. The second-order valence-electron chi connectivity index (χ2n) is 3.81. The molecule has 0 spiro atoms. The number of rotatable bonds is 5. The molecule has 94 valence electrons. The summed E-state index contributed by atoms with van der Waals surface area (Å²) in [4.78, 5) is 17.8. The quantitative estimate of drug-likeness (QED) is 0.798. The summed E-state index contributed by atoms with van der Waals surface area (Å²) in [6.07, 6.45) is 0. The minimum Gasteiger partial charge on any atom is -0.397 e. The summed E-state index contributed by atoms with van der Waals surface area (Å²) in [5.74, 6) is 0.788. The first-order valence-corrected chi connectivity index (χ1v) is 5.83. The summed E-state index contributed by atoms with van der Waals surface area (Å²) in [5, 5.41) is 2.77. The third-order valence-electron chi connectivity index (χ3n) is 2.53. The molecule has 0 aromatic carbocycles. The number of nitrogens with two attached hydrogens (primary N) is 1. The molecule has 0 radical (unpaired) electrons. The lowest BCUT2D eigenvalue weighted by molar-refractivity contribution is -0.119. The molecule has 1 aromatic heterocycles. The topological polar surface area (TPSA) is 71.2 Å². The van der Waals surface area contributed by atoms with E-state index in [0.717, 1.165) is 18.1 Å². The molecular formula is C12H20N4O. The number of pyridine rings is 1. The number of hydrogen-bond acceptors (Lipinski definition) is 4. The highest BCUT2D eigenvalue weighted by Crippen LogP contribution is 2.15. The van der Waals surface area contributed by atoms with E-state index in [1.54, 1.807) is 0 Å². The standard InChI is InChI=1S/C12H20N4O/c1-4-14-12(17)8-16(5-2)11-7-6-10(13)9(3)15-11/h6-7H,4-5,8,13H2,1-3H3,(H,14,17). The number of aromatic nitrogens is 1. The molecule has 1 heterocycles. The van der Waals surface area contributed by atoms with Crippen LogP contribution in [0, 0.1) is 6.92 Å². The van der Waals surface area contributed by atoms with Gasteiger partial charge in [-0.15, -0.1) is 0 Å². The van der Waals surface area contributed by atoms with Crippen LogP contribution in [-0.2, 0) is 4.79 Å². The van der Waals surface area contributed by atoms with E-state index in [1.165, 1.54) is 0 Å². The van der Waals surface area contributed by atoms with E-state index < -0.39 is 0 Å². The number of carbonyl (C=O) groups is 1. The lowest BCUT2D eigenvalue weighted by Crippen LogP contribution is -2.37. The number of likely N-dealkylation sites (N-methyl/N-ethyl adjacent to an activating group) is 2. The highest BCUT2D eigenvalue weighted by Gasteiger charge is 2.11. The van der Waals surface area contributed by atoms with Crippen LogP contribution in [0.25, 0.3) is 0 Å². The van der Waals surface area contributed by atoms with Crippen LogP contribution in [0.5, 0.6) is 0 Å². The molecule has 1 rings (SSSR count). The summed E-state index contributed by atoms with van der Waals surface area (Å²) in [6.45, 7) is 7.45. The molecule has 1 amide bonds. The van der Waals surface area contributed by atoms with Gasteiger partial charge < -0.3 is 16.0 Å². The Balaban J connectivity index is 2.79. The molecule has 0 aliphatic heterocycles. The zero-order valence-electron chi connectivity index (χ0n) is 10.7. The predicted molar refractivity (Wildman–Crippen MR) is 70.0 cm³/mol. The summed E-state index contributed by atoms with van der Waals surface area (Å²) in [7, 11) is 0. The third kappa shape index (κ3) is 3.62. The van der Waals surface area contributed by atoms with Gasteiger partial charge in [-0.25, -0.2) is 4.98 Å². The summed E-state index contributed by atoms with van der Waals surface area (Å²) in [5.41, 5.74) is 7.18. The van der Waals surface area contributed by atoms with Crippen LogP contribution in [-0.4, -0.2) is 30.5 Å². The molecule has 0 aliphatic rings.